The Morgan fingerprint density at radius 2 is 2.14 bits per heavy atom. The molecule has 2 heterocycles. The summed E-state index contributed by atoms with van der Waals surface area (Å²) in [4.78, 5) is 4.31. The van der Waals surface area contributed by atoms with Crippen molar-refractivity contribution in [3.63, 3.8) is 0 Å². The molecule has 0 aliphatic carbocycles. The molecule has 1 N–H and O–H groups in total. The lowest BCUT2D eigenvalue weighted by Crippen LogP contribution is -2.44. The number of rotatable bonds is 0. The molecule has 5 heteroatoms. The molecule has 5 nitrogen and oxygen atoms in total. The van der Waals surface area contributed by atoms with Crippen LogP contribution in [0, 0.1) is 0 Å². The molecule has 0 atom stereocenters. The van der Waals surface area contributed by atoms with Crippen LogP contribution >= 0.6 is 0 Å². The molecule has 0 bridgehead atoms. The Labute approximate surface area is 81.3 Å². The van der Waals surface area contributed by atoms with Crippen LogP contribution in [0.3, 0.4) is 0 Å². The van der Waals surface area contributed by atoms with Gasteiger partial charge in [-0.15, -0.1) is 10.2 Å². The van der Waals surface area contributed by atoms with Gasteiger partial charge in [-0.3, -0.25) is 4.99 Å². The summed E-state index contributed by atoms with van der Waals surface area (Å²) in [5.74, 6) is 0.811. The summed E-state index contributed by atoms with van der Waals surface area (Å²) in [5, 5.41) is 7.90. The fourth-order valence-electron chi connectivity index (χ4n) is 1.62. The minimum atomic E-state index is 0.811. The average Bonchev–Trinajstić information content (AvgIpc) is 2.61. The van der Waals surface area contributed by atoms with Crippen molar-refractivity contribution in [2.45, 2.75) is 0 Å². The van der Waals surface area contributed by atoms with Crippen molar-refractivity contribution in [3.05, 3.63) is 24.3 Å². The number of hydrazone groups is 1. The number of hydrogen-bond donors (Lipinski definition) is 1. The van der Waals surface area contributed by atoms with Crippen LogP contribution in [0.4, 0.5) is 11.4 Å². The molecular formula is C9H9N5. The molecule has 1 aromatic carbocycles. The van der Waals surface area contributed by atoms with Gasteiger partial charge in [0, 0.05) is 7.05 Å². The molecule has 0 fully saturated rings. The number of nitrogens with one attached hydrogen (secondary N) is 1. The molecule has 0 aromatic heterocycles. The van der Waals surface area contributed by atoms with Crippen LogP contribution in [0.2, 0.25) is 0 Å². The first-order valence-electron chi connectivity index (χ1n) is 4.36. The van der Waals surface area contributed by atoms with Crippen molar-refractivity contribution in [2.24, 2.45) is 10.1 Å². The molecule has 70 valence electrons. The summed E-state index contributed by atoms with van der Waals surface area (Å²) in [6, 6.07) is 7.96. The maximum absolute atomic E-state index is 4.31. The van der Waals surface area contributed by atoms with E-state index in [0.29, 0.717) is 0 Å². The van der Waals surface area contributed by atoms with Gasteiger partial charge in [0.05, 0.1) is 17.6 Å². The Bertz CT molecular complexity index is 437. The van der Waals surface area contributed by atoms with E-state index in [1.807, 2.05) is 41.4 Å². The zero-order chi connectivity index (χ0) is 9.54. The number of amidine groups is 1. The fourth-order valence-corrected chi connectivity index (χ4v) is 1.62. The highest BCUT2D eigenvalue weighted by molar-refractivity contribution is 6.38. The minimum absolute atomic E-state index is 0.811. The summed E-state index contributed by atoms with van der Waals surface area (Å²) >= 11 is 0. The van der Waals surface area contributed by atoms with Crippen LogP contribution < -0.4 is 10.5 Å². The van der Waals surface area contributed by atoms with Gasteiger partial charge in [0.2, 0.25) is 0 Å². The second-order valence-electron chi connectivity index (χ2n) is 3.15. The Kier molecular flexibility index (Phi) is 1.37. The number of hydrogen-bond acceptors (Lipinski definition) is 5. The van der Waals surface area contributed by atoms with Gasteiger partial charge in [0.1, 0.15) is 0 Å². The molecule has 2 aliphatic rings. The normalized spacial score (nSPS) is 18.6. The predicted molar refractivity (Wildman–Crippen MR) is 55.4 cm³/mol. The Balaban J connectivity index is 2.19. The van der Waals surface area contributed by atoms with Gasteiger partial charge in [-0.2, -0.15) is 0 Å². The van der Waals surface area contributed by atoms with Crippen molar-refractivity contribution < 1.29 is 0 Å². The molecular weight excluding hydrogens is 178 g/mol. The summed E-state index contributed by atoms with van der Waals surface area (Å²) < 4.78 is 0. The molecule has 0 saturated heterocycles. The van der Waals surface area contributed by atoms with Gasteiger partial charge in [-0.1, -0.05) is 12.1 Å². The second-order valence-corrected chi connectivity index (χ2v) is 3.15. The van der Waals surface area contributed by atoms with Crippen molar-refractivity contribution >= 4 is 23.4 Å². The Hall–Kier alpha value is -1.88. The van der Waals surface area contributed by atoms with E-state index in [1.165, 1.54) is 0 Å². The Morgan fingerprint density at radius 3 is 3.07 bits per heavy atom. The summed E-state index contributed by atoms with van der Waals surface area (Å²) in [5.41, 5.74) is 4.86. The SMILES string of the molecule is CN1NN=C2C=Nc3ccccc3N21. The lowest BCUT2D eigenvalue weighted by atomic mass is 10.2. The summed E-state index contributed by atoms with van der Waals surface area (Å²) in [6.07, 6.45) is 1.75. The molecule has 0 spiro atoms. The topological polar surface area (TPSA) is 43.2 Å². The molecule has 1 aromatic rings. The number of anilines is 1. The summed E-state index contributed by atoms with van der Waals surface area (Å²) in [7, 11) is 1.91. The smallest absolute Gasteiger partial charge is 0.189 e. The monoisotopic (exact) mass is 187 g/mol. The maximum atomic E-state index is 4.31. The van der Waals surface area contributed by atoms with Gasteiger partial charge >= 0.3 is 0 Å². The average molecular weight is 187 g/mol. The van der Waals surface area contributed by atoms with Crippen LogP contribution in [0.15, 0.2) is 34.4 Å². The van der Waals surface area contributed by atoms with E-state index in [9.17, 15) is 0 Å². The number of aliphatic imine (C=N–C) groups is 1. The highest BCUT2D eigenvalue weighted by atomic mass is 15.9. The lowest BCUT2D eigenvalue weighted by Gasteiger charge is -2.27. The van der Waals surface area contributed by atoms with Crippen LogP contribution in [0.25, 0.3) is 0 Å². The number of nitrogens with zero attached hydrogens (tertiary/aromatic N) is 4. The first-order chi connectivity index (χ1) is 6.86. The zero-order valence-electron chi connectivity index (χ0n) is 7.68. The first kappa shape index (κ1) is 7.52. The van der Waals surface area contributed by atoms with Gasteiger partial charge in [-0.25, -0.2) is 10.5 Å². The van der Waals surface area contributed by atoms with Gasteiger partial charge in [0.25, 0.3) is 0 Å². The van der Waals surface area contributed by atoms with Gasteiger partial charge < -0.3 is 0 Å². The largest absolute Gasteiger partial charge is 0.251 e. The van der Waals surface area contributed by atoms with E-state index in [2.05, 4.69) is 15.6 Å². The number of hydrazine groups is 2. The molecule has 0 saturated carbocycles. The first-order valence-corrected chi connectivity index (χ1v) is 4.36. The summed E-state index contributed by atoms with van der Waals surface area (Å²) in [6.45, 7) is 0. The third-order valence-electron chi connectivity index (χ3n) is 2.26. The molecule has 14 heavy (non-hydrogen) atoms. The third-order valence-corrected chi connectivity index (χ3v) is 2.26. The predicted octanol–water partition coefficient (Wildman–Crippen LogP) is 0.887. The Morgan fingerprint density at radius 1 is 1.29 bits per heavy atom. The zero-order valence-corrected chi connectivity index (χ0v) is 7.68. The van der Waals surface area contributed by atoms with E-state index >= 15 is 0 Å². The molecule has 0 amide bonds. The van der Waals surface area contributed by atoms with E-state index < -0.39 is 0 Å². The van der Waals surface area contributed by atoms with E-state index in [4.69, 9.17) is 0 Å². The number of fused-ring (bicyclic) bond motifs is 3. The van der Waals surface area contributed by atoms with Crippen molar-refractivity contribution in [3.8, 4) is 0 Å². The standard InChI is InChI=1S/C9H9N5/c1-13-12-11-9-6-10-7-4-2-3-5-8(7)14(9)13/h2-6,12H,1H3. The van der Waals surface area contributed by atoms with Gasteiger partial charge in [0.15, 0.2) is 5.84 Å². The van der Waals surface area contributed by atoms with E-state index in [0.717, 1.165) is 17.2 Å². The lowest BCUT2D eigenvalue weighted by molar-refractivity contribution is 0.278. The third kappa shape index (κ3) is 0.869. The quantitative estimate of drug-likeness (QED) is 0.655. The minimum Gasteiger partial charge on any atom is -0.251 e. The van der Waals surface area contributed by atoms with Crippen molar-refractivity contribution in [2.75, 3.05) is 12.1 Å². The van der Waals surface area contributed by atoms with Crippen LogP contribution in [0.1, 0.15) is 0 Å². The molecule has 3 rings (SSSR count). The fraction of sp³-hybridized carbons (Fsp3) is 0.111. The van der Waals surface area contributed by atoms with Crippen molar-refractivity contribution in [1.29, 1.82) is 0 Å². The van der Waals surface area contributed by atoms with Crippen molar-refractivity contribution in [1.82, 2.24) is 10.7 Å². The molecule has 0 unspecified atom stereocenters. The molecule has 0 radical (unpaired) electrons. The number of para-hydroxylation sites is 2. The highest BCUT2D eigenvalue weighted by Gasteiger charge is 2.27. The number of benzene rings is 1. The maximum Gasteiger partial charge on any atom is 0.189 e. The highest BCUT2D eigenvalue weighted by Crippen LogP contribution is 2.32. The van der Waals surface area contributed by atoms with Crippen LogP contribution in [-0.4, -0.2) is 24.2 Å². The second kappa shape index (κ2) is 2.55. The van der Waals surface area contributed by atoms with Crippen LogP contribution in [0.5, 0.6) is 0 Å². The van der Waals surface area contributed by atoms with Crippen LogP contribution in [-0.2, 0) is 0 Å². The van der Waals surface area contributed by atoms with E-state index in [1.54, 1.807) is 6.21 Å². The van der Waals surface area contributed by atoms with Gasteiger partial charge in [-0.05, 0) is 12.1 Å². The van der Waals surface area contributed by atoms with E-state index in [-0.39, 0.29) is 0 Å². The molecule has 2 aliphatic heterocycles.